The van der Waals surface area contributed by atoms with E-state index in [0.717, 1.165) is 33.6 Å². The second-order valence-corrected chi connectivity index (χ2v) is 13.5. The van der Waals surface area contributed by atoms with Gasteiger partial charge in [-0.15, -0.1) is 0 Å². The van der Waals surface area contributed by atoms with Gasteiger partial charge >= 0.3 is 0 Å². The Kier molecular flexibility index (Phi) is 7.22. The molecule has 1 nitrogen and oxygen atoms in total. The van der Waals surface area contributed by atoms with E-state index in [1.165, 1.54) is 65.3 Å². The molecular formula is C51H33N. The first-order chi connectivity index (χ1) is 25.8. The molecule has 0 aliphatic heterocycles. The zero-order valence-electron chi connectivity index (χ0n) is 28.5. The molecule has 1 heteroatoms. The van der Waals surface area contributed by atoms with Gasteiger partial charge in [-0.1, -0.05) is 182 Å². The van der Waals surface area contributed by atoms with E-state index < -0.39 is 0 Å². The lowest BCUT2D eigenvalue weighted by molar-refractivity contribution is 1.33. The molecule has 1 aromatic heterocycles. The van der Waals surface area contributed by atoms with E-state index in [0.29, 0.717) is 0 Å². The average molecular weight is 660 g/mol. The van der Waals surface area contributed by atoms with E-state index in [4.69, 9.17) is 4.98 Å². The van der Waals surface area contributed by atoms with E-state index in [9.17, 15) is 0 Å². The molecule has 0 amide bonds. The molecule has 0 fully saturated rings. The molecule has 0 N–H and O–H groups in total. The van der Waals surface area contributed by atoms with Crippen LogP contribution in [0.1, 0.15) is 0 Å². The van der Waals surface area contributed by atoms with Crippen LogP contribution in [0.25, 0.3) is 99.0 Å². The predicted octanol–water partition coefficient (Wildman–Crippen LogP) is 14.0. The standard InChI is InChI=1S/C51H33N/c1-3-17-36(18-4-1)50-44-25-11-12-26-45(44)51(37-19-5-2-6-20-37)47-31-38(29-30-46(47)50)39-32-48(42-27-13-21-34-15-7-9-23-40(34)42)52-49(33-39)43-28-14-22-35-16-8-10-24-41(35)43/h1-33H. The number of benzene rings is 9. The monoisotopic (exact) mass is 659 g/mol. The van der Waals surface area contributed by atoms with Crippen LogP contribution in [0, 0.1) is 0 Å². The van der Waals surface area contributed by atoms with Crippen molar-refractivity contribution in [3.8, 4) is 55.9 Å². The topological polar surface area (TPSA) is 12.9 Å². The van der Waals surface area contributed by atoms with Crippen LogP contribution in [0.5, 0.6) is 0 Å². The normalized spacial score (nSPS) is 11.5. The third-order valence-corrected chi connectivity index (χ3v) is 10.4. The Morgan fingerprint density at radius 1 is 0.250 bits per heavy atom. The first kappa shape index (κ1) is 30.0. The molecule has 10 rings (SSSR count). The maximum Gasteiger partial charge on any atom is 0.0721 e. The lowest BCUT2D eigenvalue weighted by atomic mass is 9.84. The summed E-state index contributed by atoms with van der Waals surface area (Å²) < 4.78 is 0. The molecule has 0 saturated heterocycles. The molecule has 0 saturated carbocycles. The molecular weight excluding hydrogens is 627 g/mol. The highest BCUT2D eigenvalue weighted by atomic mass is 14.7. The minimum atomic E-state index is 0.962. The Morgan fingerprint density at radius 2 is 0.673 bits per heavy atom. The van der Waals surface area contributed by atoms with Crippen molar-refractivity contribution in [2.24, 2.45) is 0 Å². The summed E-state index contributed by atoms with van der Waals surface area (Å²) in [5.74, 6) is 0. The van der Waals surface area contributed by atoms with Crippen LogP contribution in [-0.4, -0.2) is 4.98 Å². The number of rotatable bonds is 5. The van der Waals surface area contributed by atoms with E-state index in [-0.39, 0.29) is 0 Å². The molecule has 0 spiro atoms. The van der Waals surface area contributed by atoms with Gasteiger partial charge in [0.05, 0.1) is 11.4 Å². The highest BCUT2D eigenvalue weighted by Crippen LogP contribution is 2.45. The molecule has 0 radical (unpaired) electrons. The van der Waals surface area contributed by atoms with Crippen molar-refractivity contribution in [1.82, 2.24) is 4.98 Å². The molecule has 1 heterocycles. The Morgan fingerprint density at radius 3 is 1.21 bits per heavy atom. The van der Waals surface area contributed by atoms with Gasteiger partial charge in [0.25, 0.3) is 0 Å². The third kappa shape index (κ3) is 5.06. The van der Waals surface area contributed by atoms with Gasteiger partial charge in [-0.05, 0) is 94.7 Å². The summed E-state index contributed by atoms with van der Waals surface area (Å²) >= 11 is 0. The molecule has 0 aliphatic rings. The second-order valence-electron chi connectivity index (χ2n) is 13.5. The van der Waals surface area contributed by atoms with Crippen molar-refractivity contribution in [2.45, 2.75) is 0 Å². The number of hydrogen-bond acceptors (Lipinski definition) is 1. The molecule has 52 heavy (non-hydrogen) atoms. The predicted molar refractivity (Wildman–Crippen MR) is 221 cm³/mol. The fourth-order valence-electron chi connectivity index (χ4n) is 8.06. The van der Waals surface area contributed by atoms with Crippen LogP contribution in [0.2, 0.25) is 0 Å². The van der Waals surface area contributed by atoms with Crippen LogP contribution in [0.15, 0.2) is 200 Å². The lowest BCUT2D eigenvalue weighted by Crippen LogP contribution is -1.94. The number of hydrogen-bond donors (Lipinski definition) is 0. The Balaban J connectivity index is 1.29. The van der Waals surface area contributed by atoms with E-state index in [1.807, 2.05) is 0 Å². The highest BCUT2D eigenvalue weighted by molar-refractivity contribution is 6.22. The van der Waals surface area contributed by atoms with Crippen LogP contribution >= 0.6 is 0 Å². The number of nitrogens with zero attached hydrogens (tertiary/aromatic N) is 1. The quantitative estimate of drug-likeness (QED) is 0.168. The van der Waals surface area contributed by atoms with Crippen molar-refractivity contribution in [3.63, 3.8) is 0 Å². The zero-order chi connectivity index (χ0) is 34.4. The van der Waals surface area contributed by atoms with Gasteiger partial charge in [0.1, 0.15) is 0 Å². The first-order valence-corrected chi connectivity index (χ1v) is 17.9. The van der Waals surface area contributed by atoms with E-state index in [2.05, 4.69) is 200 Å². The summed E-state index contributed by atoms with van der Waals surface area (Å²) in [5.41, 5.74) is 11.4. The largest absolute Gasteiger partial charge is 0.248 e. The van der Waals surface area contributed by atoms with Crippen LogP contribution in [-0.2, 0) is 0 Å². The van der Waals surface area contributed by atoms with E-state index >= 15 is 0 Å². The summed E-state index contributed by atoms with van der Waals surface area (Å²) in [6.45, 7) is 0. The van der Waals surface area contributed by atoms with Gasteiger partial charge in [-0.3, -0.25) is 0 Å². The minimum absolute atomic E-state index is 0.962. The number of fused-ring (bicyclic) bond motifs is 4. The van der Waals surface area contributed by atoms with Crippen LogP contribution < -0.4 is 0 Å². The summed E-state index contributed by atoms with van der Waals surface area (Å²) in [5, 5.41) is 9.79. The number of aromatic nitrogens is 1. The first-order valence-electron chi connectivity index (χ1n) is 17.9. The highest BCUT2D eigenvalue weighted by Gasteiger charge is 2.19. The lowest BCUT2D eigenvalue weighted by Gasteiger charge is -2.19. The molecule has 0 unspecified atom stereocenters. The van der Waals surface area contributed by atoms with Gasteiger partial charge in [0.15, 0.2) is 0 Å². The van der Waals surface area contributed by atoms with Gasteiger partial charge in [-0.2, -0.15) is 0 Å². The maximum atomic E-state index is 5.42. The summed E-state index contributed by atoms with van der Waals surface area (Å²) in [6.07, 6.45) is 0. The zero-order valence-corrected chi connectivity index (χ0v) is 28.5. The van der Waals surface area contributed by atoms with Gasteiger partial charge < -0.3 is 0 Å². The fourth-order valence-corrected chi connectivity index (χ4v) is 8.06. The summed E-state index contributed by atoms with van der Waals surface area (Å²) in [6, 6.07) is 72.4. The van der Waals surface area contributed by atoms with Gasteiger partial charge in [-0.25, -0.2) is 4.98 Å². The molecule has 0 bridgehead atoms. The molecule has 0 atom stereocenters. The minimum Gasteiger partial charge on any atom is -0.248 e. The van der Waals surface area contributed by atoms with Crippen molar-refractivity contribution in [1.29, 1.82) is 0 Å². The Bertz CT molecular complexity index is 2830. The number of pyridine rings is 1. The second kappa shape index (κ2) is 12.5. The summed E-state index contributed by atoms with van der Waals surface area (Å²) in [7, 11) is 0. The van der Waals surface area contributed by atoms with Crippen LogP contribution in [0.3, 0.4) is 0 Å². The maximum absolute atomic E-state index is 5.42. The molecule has 242 valence electrons. The molecule has 9 aromatic carbocycles. The summed E-state index contributed by atoms with van der Waals surface area (Å²) in [4.78, 5) is 5.42. The SMILES string of the molecule is c1ccc(-c2c3ccccc3c(-c3ccccc3)c3cc(-c4cc(-c5cccc6ccccc56)nc(-c5cccc6ccccc56)c4)ccc23)cc1. The molecule has 10 aromatic rings. The average Bonchev–Trinajstić information content (AvgIpc) is 3.22. The van der Waals surface area contributed by atoms with E-state index in [1.54, 1.807) is 0 Å². The third-order valence-electron chi connectivity index (χ3n) is 10.4. The van der Waals surface area contributed by atoms with Gasteiger partial charge in [0, 0.05) is 11.1 Å². The molecule has 0 aliphatic carbocycles. The Labute approximate surface area is 303 Å². The fraction of sp³-hybridized carbons (Fsp3) is 0. The van der Waals surface area contributed by atoms with Crippen molar-refractivity contribution in [2.75, 3.05) is 0 Å². The van der Waals surface area contributed by atoms with Gasteiger partial charge in [0.2, 0.25) is 0 Å². The van der Waals surface area contributed by atoms with Crippen molar-refractivity contribution >= 4 is 43.1 Å². The smallest absolute Gasteiger partial charge is 0.0721 e. The van der Waals surface area contributed by atoms with Crippen molar-refractivity contribution in [3.05, 3.63) is 200 Å². The Hall–Kier alpha value is -6.83. The van der Waals surface area contributed by atoms with Crippen molar-refractivity contribution < 1.29 is 0 Å². The van der Waals surface area contributed by atoms with Crippen LogP contribution in [0.4, 0.5) is 0 Å².